The lowest BCUT2D eigenvalue weighted by Crippen LogP contribution is -2.29. The van der Waals surface area contributed by atoms with Gasteiger partial charge in [-0.1, -0.05) is 18.2 Å². The van der Waals surface area contributed by atoms with E-state index >= 15 is 0 Å². The van der Waals surface area contributed by atoms with Crippen molar-refractivity contribution in [3.05, 3.63) is 82.9 Å². The largest absolute Gasteiger partial charge is 0.507 e. The molecule has 9 heteroatoms. The molecule has 5 rings (SSSR count). The minimum atomic E-state index is -0.882. The number of rotatable bonds is 7. The van der Waals surface area contributed by atoms with Crippen molar-refractivity contribution in [2.75, 3.05) is 28.1 Å². The van der Waals surface area contributed by atoms with Gasteiger partial charge in [0.2, 0.25) is 6.79 Å². The van der Waals surface area contributed by atoms with Crippen LogP contribution >= 0.6 is 0 Å². The average Bonchev–Trinajstić information content (AvgIpc) is 3.50. The van der Waals surface area contributed by atoms with Crippen molar-refractivity contribution in [2.24, 2.45) is 0 Å². The van der Waals surface area contributed by atoms with Crippen LogP contribution in [0, 0.1) is 0 Å². The van der Waals surface area contributed by atoms with Gasteiger partial charge >= 0.3 is 0 Å². The van der Waals surface area contributed by atoms with E-state index in [4.69, 9.17) is 23.7 Å². The number of hydrogen-bond acceptors (Lipinski definition) is 8. The SMILES string of the molecule is COc1ccc(CN2C(=O)C(=O)/C(=C(/O)c3ccc4c(c3)OCO4)C2c2ccc(OC)c(OC)c2)cc1. The highest BCUT2D eigenvalue weighted by Gasteiger charge is 2.46. The summed E-state index contributed by atoms with van der Waals surface area (Å²) in [6.07, 6.45) is 0. The maximum absolute atomic E-state index is 13.4. The van der Waals surface area contributed by atoms with Gasteiger partial charge in [0, 0.05) is 12.1 Å². The number of carbonyl (C=O) groups excluding carboxylic acids is 2. The molecule has 3 aromatic carbocycles. The highest BCUT2D eigenvalue weighted by molar-refractivity contribution is 6.46. The predicted molar refractivity (Wildman–Crippen MR) is 133 cm³/mol. The van der Waals surface area contributed by atoms with Gasteiger partial charge in [0.05, 0.1) is 32.9 Å². The van der Waals surface area contributed by atoms with E-state index in [-0.39, 0.29) is 24.7 Å². The molecule has 0 radical (unpaired) electrons. The topological polar surface area (TPSA) is 104 Å². The fourth-order valence-corrected chi connectivity index (χ4v) is 4.54. The Kier molecular flexibility index (Phi) is 6.35. The average molecular weight is 504 g/mol. The van der Waals surface area contributed by atoms with Crippen molar-refractivity contribution in [1.82, 2.24) is 4.90 Å². The number of aliphatic hydroxyl groups excluding tert-OH is 1. The van der Waals surface area contributed by atoms with Crippen molar-refractivity contribution < 1.29 is 38.4 Å². The van der Waals surface area contributed by atoms with Crippen LogP contribution in [0.5, 0.6) is 28.7 Å². The summed E-state index contributed by atoms with van der Waals surface area (Å²) < 4.78 is 26.8. The molecule has 0 aliphatic carbocycles. The van der Waals surface area contributed by atoms with Crippen LogP contribution in [0.25, 0.3) is 5.76 Å². The Bertz CT molecular complexity index is 1400. The van der Waals surface area contributed by atoms with E-state index in [0.29, 0.717) is 39.9 Å². The summed E-state index contributed by atoms with van der Waals surface area (Å²) in [6.45, 7) is 0.197. The van der Waals surface area contributed by atoms with Gasteiger partial charge in [-0.25, -0.2) is 0 Å². The van der Waals surface area contributed by atoms with Gasteiger partial charge in [-0.2, -0.15) is 0 Å². The number of Topliss-reactive ketones (excluding diaryl/α,β-unsaturated/α-hetero) is 1. The number of fused-ring (bicyclic) bond motifs is 1. The van der Waals surface area contributed by atoms with Gasteiger partial charge in [-0.3, -0.25) is 9.59 Å². The first-order chi connectivity index (χ1) is 17.9. The zero-order chi connectivity index (χ0) is 26.1. The van der Waals surface area contributed by atoms with E-state index in [1.807, 2.05) is 12.1 Å². The minimum absolute atomic E-state index is 0.0374. The van der Waals surface area contributed by atoms with E-state index in [0.717, 1.165) is 5.56 Å². The second-order valence-corrected chi connectivity index (χ2v) is 8.46. The van der Waals surface area contributed by atoms with Gasteiger partial charge in [0.25, 0.3) is 11.7 Å². The van der Waals surface area contributed by atoms with Gasteiger partial charge in [-0.15, -0.1) is 0 Å². The van der Waals surface area contributed by atoms with Gasteiger partial charge < -0.3 is 33.7 Å². The highest BCUT2D eigenvalue weighted by Crippen LogP contribution is 2.44. The molecule has 1 unspecified atom stereocenters. The smallest absolute Gasteiger partial charge is 0.295 e. The molecule has 1 atom stereocenters. The summed E-state index contributed by atoms with van der Waals surface area (Å²) in [4.78, 5) is 28.1. The molecular weight excluding hydrogens is 478 g/mol. The Morgan fingerprint density at radius 3 is 2.32 bits per heavy atom. The van der Waals surface area contributed by atoms with Crippen LogP contribution in [0.3, 0.4) is 0 Å². The van der Waals surface area contributed by atoms with E-state index in [1.165, 1.54) is 19.1 Å². The molecule has 1 saturated heterocycles. The van der Waals surface area contributed by atoms with Crippen molar-refractivity contribution in [3.63, 3.8) is 0 Å². The predicted octanol–water partition coefficient (Wildman–Crippen LogP) is 4.06. The Hall–Kier alpha value is -4.66. The minimum Gasteiger partial charge on any atom is -0.507 e. The molecule has 9 nitrogen and oxygen atoms in total. The van der Waals surface area contributed by atoms with E-state index < -0.39 is 17.7 Å². The molecule has 37 heavy (non-hydrogen) atoms. The molecule has 0 aromatic heterocycles. The number of ether oxygens (including phenoxy) is 5. The number of hydrogen-bond donors (Lipinski definition) is 1. The fourth-order valence-electron chi connectivity index (χ4n) is 4.54. The first-order valence-electron chi connectivity index (χ1n) is 11.5. The second-order valence-electron chi connectivity index (χ2n) is 8.46. The number of amides is 1. The Balaban J connectivity index is 1.64. The molecule has 0 saturated carbocycles. The lowest BCUT2D eigenvalue weighted by atomic mass is 9.94. The van der Waals surface area contributed by atoms with Crippen LogP contribution in [-0.4, -0.2) is 49.8 Å². The third kappa shape index (κ3) is 4.29. The lowest BCUT2D eigenvalue weighted by molar-refractivity contribution is -0.140. The Morgan fingerprint density at radius 2 is 1.62 bits per heavy atom. The normalized spacial score (nSPS) is 17.7. The van der Waals surface area contributed by atoms with Crippen LogP contribution in [0.4, 0.5) is 0 Å². The second kappa shape index (κ2) is 9.77. The highest BCUT2D eigenvalue weighted by atomic mass is 16.7. The van der Waals surface area contributed by atoms with Crippen LogP contribution in [0.1, 0.15) is 22.7 Å². The first kappa shape index (κ1) is 24.1. The molecule has 2 heterocycles. The summed E-state index contributed by atoms with van der Waals surface area (Å²) in [7, 11) is 4.59. The third-order valence-electron chi connectivity index (χ3n) is 6.42. The van der Waals surface area contributed by atoms with Crippen molar-refractivity contribution in [1.29, 1.82) is 0 Å². The number of benzene rings is 3. The molecule has 2 aliphatic heterocycles. The van der Waals surface area contributed by atoms with E-state index in [2.05, 4.69) is 0 Å². The summed E-state index contributed by atoms with van der Waals surface area (Å²) in [5.74, 6) is 0.749. The fraction of sp³-hybridized carbons (Fsp3) is 0.214. The molecule has 1 N–H and O–H groups in total. The molecule has 1 amide bonds. The van der Waals surface area contributed by atoms with E-state index in [1.54, 1.807) is 55.6 Å². The first-order valence-corrected chi connectivity index (χ1v) is 11.5. The van der Waals surface area contributed by atoms with Crippen LogP contribution in [0.15, 0.2) is 66.2 Å². The maximum atomic E-state index is 13.4. The number of aliphatic hydroxyl groups is 1. The summed E-state index contributed by atoms with van der Waals surface area (Å²) >= 11 is 0. The number of methoxy groups -OCH3 is 3. The lowest BCUT2D eigenvalue weighted by Gasteiger charge is -2.26. The Morgan fingerprint density at radius 1 is 0.892 bits per heavy atom. The molecule has 1 fully saturated rings. The standard InChI is InChI=1S/C28H25NO8/c1-33-19-8-4-16(5-9-19)14-29-25(17-6-10-20(34-2)22(12-17)35-3)24(27(31)28(29)32)26(30)18-7-11-21-23(13-18)37-15-36-21/h4-13,25,30H,14-15H2,1-3H3/b26-24+. The van der Waals surface area contributed by atoms with Crippen molar-refractivity contribution in [3.8, 4) is 28.7 Å². The van der Waals surface area contributed by atoms with Gasteiger partial charge in [-0.05, 0) is 53.6 Å². The van der Waals surface area contributed by atoms with Crippen LogP contribution in [-0.2, 0) is 16.1 Å². The number of likely N-dealkylation sites (tertiary alicyclic amines) is 1. The zero-order valence-corrected chi connectivity index (χ0v) is 20.5. The summed E-state index contributed by atoms with van der Waals surface area (Å²) in [6, 6.07) is 16.3. The third-order valence-corrected chi connectivity index (χ3v) is 6.42. The molecular formula is C28H25NO8. The van der Waals surface area contributed by atoms with Gasteiger partial charge in [0.1, 0.15) is 11.5 Å². The number of carbonyl (C=O) groups is 2. The molecule has 3 aromatic rings. The zero-order valence-electron chi connectivity index (χ0n) is 20.5. The molecule has 0 bridgehead atoms. The van der Waals surface area contributed by atoms with Crippen LogP contribution < -0.4 is 23.7 Å². The molecule has 2 aliphatic rings. The maximum Gasteiger partial charge on any atom is 0.295 e. The number of ketones is 1. The molecule has 190 valence electrons. The van der Waals surface area contributed by atoms with Crippen molar-refractivity contribution >= 4 is 17.4 Å². The monoisotopic (exact) mass is 503 g/mol. The van der Waals surface area contributed by atoms with Crippen molar-refractivity contribution in [2.45, 2.75) is 12.6 Å². The summed E-state index contributed by atoms with van der Waals surface area (Å²) in [5, 5.41) is 11.4. The van der Waals surface area contributed by atoms with Crippen LogP contribution in [0.2, 0.25) is 0 Å². The number of nitrogens with zero attached hydrogens (tertiary/aromatic N) is 1. The quantitative estimate of drug-likeness (QED) is 0.293. The van der Waals surface area contributed by atoms with Gasteiger partial charge in [0.15, 0.2) is 23.0 Å². The summed E-state index contributed by atoms with van der Waals surface area (Å²) in [5.41, 5.74) is 1.66. The Labute approximate surface area is 213 Å². The molecule has 0 spiro atoms. The van der Waals surface area contributed by atoms with E-state index in [9.17, 15) is 14.7 Å².